The molecular weight excluding hydrogens is 226 g/mol. The fraction of sp³-hybridized carbons (Fsp3) is 0.929. The molecule has 0 aromatic rings. The molecule has 4 nitrogen and oxygen atoms in total. The van der Waals surface area contributed by atoms with Crippen molar-refractivity contribution in [1.82, 2.24) is 10.2 Å². The van der Waals surface area contributed by atoms with Crippen molar-refractivity contribution in [3.05, 3.63) is 0 Å². The molecule has 2 fully saturated rings. The maximum atomic E-state index is 9.55. The molecule has 2 rings (SSSR count). The highest BCUT2D eigenvalue weighted by Crippen LogP contribution is 2.31. The second kappa shape index (κ2) is 6.01. The predicted octanol–water partition coefficient (Wildman–Crippen LogP) is 1.52. The lowest BCUT2D eigenvalue weighted by molar-refractivity contribution is 0.000860. The van der Waals surface area contributed by atoms with Crippen LogP contribution in [0.4, 0.5) is 0 Å². The third-order valence-electron chi connectivity index (χ3n) is 4.07. The number of hydrogen-bond donors (Lipinski definition) is 1. The van der Waals surface area contributed by atoms with E-state index in [0.717, 1.165) is 45.6 Å². The highest BCUT2D eigenvalue weighted by Gasteiger charge is 2.39. The number of morpholine rings is 1. The van der Waals surface area contributed by atoms with Gasteiger partial charge in [0.25, 0.3) is 0 Å². The van der Waals surface area contributed by atoms with Gasteiger partial charge in [-0.05, 0) is 39.5 Å². The smallest absolute Gasteiger partial charge is 0.108 e. The summed E-state index contributed by atoms with van der Waals surface area (Å²) in [5.74, 6) is 0. The molecule has 1 heterocycles. The lowest BCUT2D eigenvalue weighted by Crippen LogP contribution is -2.56. The fourth-order valence-electron chi connectivity index (χ4n) is 3.32. The van der Waals surface area contributed by atoms with Crippen LogP contribution < -0.4 is 5.32 Å². The summed E-state index contributed by atoms with van der Waals surface area (Å²) in [6, 6.07) is 3.47. The zero-order chi connectivity index (χ0) is 13.0. The van der Waals surface area contributed by atoms with Crippen LogP contribution in [-0.4, -0.2) is 48.8 Å². The number of nitrogens with one attached hydrogen (secondary N) is 1. The Bertz CT molecular complexity index is 307. The predicted molar refractivity (Wildman–Crippen MR) is 71.3 cm³/mol. The van der Waals surface area contributed by atoms with Gasteiger partial charge in [-0.3, -0.25) is 10.2 Å². The van der Waals surface area contributed by atoms with Crippen LogP contribution in [0.25, 0.3) is 0 Å². The van der Waals surface area contributed by atoms with Gasteiger partial charge in [0.15, 0.2) is 0 Å². The topological polar surface area (TPSA) is 48.3 Å². The lowest BCUT2D eigenvalue weighted by Gasteiger charge is -2.43. The van der Waals surface area contributed by atoms with Gasteiger partial charge in [0.2, 0.25) is 0 Å². The molecule has 1 saturated heterocycles. The molecule has 1 N–H and O–H groups in total. The number of hydrogen-bond acceptors (Lipinski definition) is 4. The Morgan fingerprint density at radius 1 is 1.39 bits per heavy atom. The molecule has 1 saturated carbocycles. The summed E-state index contributed by atoms with van der Waals surface area (Å²) in [4.78, 5) is 2.51. The lowest BCUT2D eigenvalue weighted by atomic mass is 9.78. The van der Waals surface area contributed by atoms with E-state index in [1.165, 1.54) is 6.42 Å². The van der Waals surface area contributed by atoms with E-state index in [-0.39, 0.29) is 5.54 Å². The van der Waals surface area contributed by atoms with E-state index in [4.69, 9.17) is 4.74 Å². The molecule has 0 bridgehead atoms. The van der Waals surface area contributed by atoms with E-state index in [1.807, 2.05) is 0 Å². The molecule has 2 aliphatic rings. The Hall–Kier alpha value is -0.630. The van der Waals surface area contributed by atoms with Gasteiger partial charge >= 0.3 is 0 Å². The van der Waals surface area contributed by atoms with E-state index in [2.05, 4.69) is 30.1 Å². The second-order valence-corrected chi connectivity index (χ2v) is 5.89. The van der Waals surface area contributed by atoms with Crippen molar-refractivity contribution in [2.75, 3.05) is 26.3 Å². The molecule has 4 heteroatoms. The van der Waals surface area contributed by atoms with Crippen LogP contribution in [0.15, 0.2) is 0 Å². The highest BCUT2D eigenvalue weighted by molar-refractivity contribution is 5.11. The van der Waals surface area contributed by atoms with E-state index < -0.39 is 0 Å². The number of rotatable bonds is 3. The van der Waals surface area contributed by atoms with Gasteiger partial charge in [-0.1, -0.05) is 0 Å². The minimum absolute atomic E-state index is 0.310. The van der Waals surface area contributed by atoms with Crippen molar-refractivity contribution < 1.29 is 4.74 Å². The molecule has 2 atom stereocenters. The normalized spacial score (nSPS) is 34.4. The van der Waals surface area contributed by atoms with Gasteiger partial charge in [0.05, 0.1) is 19.3 Å². The van der Waals surface area contributed by atoms with Gasteiger partial charge in [-0.2, -0.15) is 5.26 Å². The van der Waals surface area contributed by atoms with Crippen molar-refractivity contribution in [3.63, 3.8) is 0 Å². The van der Waals surface area contributed by atoms with Crippen LogP contribution in [0.3, 0.4) is 0 Å². The average molecular weight is 251 g/mol. The van der Waals surface area contributed by atoms with E-state index >= 15 is 0 Å². The zero-order valence-electron chi connectivity index (χ0n) is 11.6. The third-order valence-corrected chi connectivity index (χ3v) is 4.07. The van der Waals surface area contributed by atoms with Crippen LogP contribution in [0.5, 0.6) is 0 Å². The first-order valence-corrected chi connectivity index (χ1v) is 7.16. The van der Waals surface area contributed by atoms with Crippen LogP contribution in [0, 0.1) is 11.3 Å². The Balaban J connectivity index is 1.99. The largest absolute Gasteiger partial charge is 0.379 e. The van der Waals surface area contributed by atoms with Gasteiger partial charge in [-0.15, -0.1) is 0 Å². The monoisotopic (exact) mass is 251 g/mol. The number of nitrogens with zero attached hydrogens (tertiary/aromatic N) is 2. The van der Waals surface area contributed by atoms with Crippen LogP contribution in [-0.2, 0) is 4.74 Å². The van der Waals surface area contributed by atoms with Crippen molar-refractivity contribution in [3.8, 4) is 6.07 Å². The SMILES string of the molecule is CC(C)NC1(C#N)CCCC(N2CCOCC2)C1. The molecule has 102 valence electrons. The van der Waals surface area contributed by atoms with Gasteiger partial charge in [-0.25, -0.2) is 0 Å². The number of ether oxygens (including phenoxy) is 1. The Morgan fingerprint density at radius 2 is 2.11 bits per heavy atom. The third kappa shape index (κ3) is 3.23. The first-order valence-electron chi connectivity index (χ1n) is 7.16. The van der Waals surface area contributed by atoms with Crippen molar-refractivity contribution in [2.24, 2.45) is 0 Å². The molecule has 1 aliphatic carbocycles. The Labute approximate surface area is 110 Å². The second-order valence-electron chi connectivity index (χ2n) is 5.89. The molecular formula is C14H25N3O. The summed E-state index contributed by atoms with van der Waals surface area (Å²) >= 11 is 0. The summed E-state index contributed by atoms with van der Waals surface area (Å²) < 4.78 is 5.41. The first-order chi connectivity index (χ1) is 8.65. The summed E-state index contributed by atoms with van der Waals surface area (Å²) in [6.45, 7) is 7.97. The Morgan fingerprint density at radius 3 is 2.72 bits per heavy atom. The molecule has 0 radical (unpaired) electrons. The average Bonchev–Trinajstić information content (AvgIpc) is 2.39. The van der Waals surface area contributed by atoms with Crippen molar-refractivity contribution in [2.45, 2.75) is 57.2 Å². The first kappa shape index (κ1) is 13.8. The maximum Gasteiger partial charge on any atom is 0.108 e. The van der Waals surface area contributed by atoms with E-state index in [0.29, 0.717) is 12.1 Å². The molecule has 0 aromatic heterocycles. The zero-order valence-corrected chi connectivity index (χ0v) is 11.6. The summed E-state index contributed by atoms with van der Waals surface area (Å²) in [5, 5.41) is 13.0. The van der Waals surface area contributed by atoms with Crippen molar-refractivity contribution >= 4 is 0 Å². The fourth-order valence-corrected chi connectivity index (χ4v) is 3.32. The molecule has 0 aromatic carbocycles. The summed E-state index contributed by atoms with van der Waals surface area (Å²) in [5.41, 5.74) is -0.310. The maximum absolute atomic E-state index is 9.55. The standard InChI is InChI=1S/C14H25N3O/c1-12(2)16-14(11-15)5-3-4-13(10-14)17-6-8-18-9-7-17/h12-13,16H,3-10H2,1-2H3. The van der Waals surface area contributed by atoms with Crippen molar-refractivity contribution in [1.29, 1.82) is 5.26 Å². The number of nitriles is 1. The molecule has 0 spiro atoms. The minimum Gasteiger partial charge on any atom is -0.379 e. The molecule has 2 unspecified atom stereocenters. The minimum atomic E-state index is -0.310. The molecule has 1 aliphatic heterocycles. The quantitative estimate of drug-likeness (QED) is 0.826. The van der Waals surface area contributed by atoms with Gasteiger partial charge < -0.3 is 4.74 Å². The van der Waals surface area contributed by atoms with E-state index in [9.17, 15) is 5.26 Å². The highest BCUT2D eigenvalue weighted by atomic mass is 16.5. The van der Waals surface area contributed by atoms with Crippen LogP contribution in [0.2, 0.25) is 0 Å². The summed E-state index contributed by atoms with van der Waals surface area (Å²) in [7, 11) is 0. The molecule has 18 heavy (non-hydrogen) atoms. The Kier molecular flexibility index (Phi) is 4.60. The van der Waals surface area contributed by atoms with Gasteiger partial charge in [0.1, 0.15) is 5.54 Å². The summed E-state index contributed by atoms with van der Waals surface area (Å²) in [6.07, 6.45) is 4.32. The molecule has 0 amide bonds. The van der Waals surface area contributed by atoms with Crippen LogP contribution in [0.1, 0.15) is 39.5 Å². The van der Waals surface area contributed by atoms with Gasteiger partial charge in [0, 0.05) is 25.2 Å². The van der Waals surface area contributed by atoms with Crippen LogP contribution >= 0.6 is 0 Å². The van der Waals surface area contributed by atoms with E-state index in [1.54, 1.807) is 0 Å².